The molecule has 0 atom stereocenters. The molecule has 5 aromatic rings. The molecule has 5 rings (SSSR count). The summed E-state index contributed by atoms with van der Waals surface area (Å²) in [5.41, 5.74) is 5.87. The largest absolute Gasteiger partial charge is 0.483 e. The number of hydrogen-bond acceptors (Lipinski definition) is 3. The minimum atomic E-state index is -0.324. The van der Waals surface area contributed by atoms with Crippen LogP contribution in [0.3, 0.4) is 0 Å². The van der Waals surface area contributed by atoms with Crippen LogP contribution < -0.4 is 10.2 Å². The molecule has 4 aromatic carbocycles. The predicted molar refractivity (Wildman–Crippen MR) is 138 cm³/mol. The molecule has 1 N–H and O–H groups in total. The molecule has 0 unspecified atom stereocenters. The average Bonchev–Trinajstić information content (AvgIpc) is 3.17. The number of aryl methyl sites for hydroxylation is 1. The van der Waals surface area contributed by atoms with E-state index in [1.165, 1.54) is 21.8 Å². The van der Waals surface area contributed by atoms with Gasteiger partial charge in [-0.05, 0) is 63.5 Å². The van der Waals surface area contributed by atoms with Crippen molar-refractivity contribution < 1.29 is 9.53 Å². The Labute approximate surface area is 199 Å². The van der Waals surface area contributed by atoms with Gasteiger partial charge in [0, 0.05) is 28.4 Å². The molecule has 0 aliphatic heterocycles. The molecule has 164 valence electrons. The van der Waals surface area contributed by atoms with Crippen molar-refractivity contribution in [2.24, 2.45) is 5.10 Å². The van der Waals surface area contributed by atoms with Crippen molar-refractivity contribution in [1.82, 2.24) is 9.99 Å². The van der Waals surface area contributed by atoms with E-state index in [1.807, 2.05) is 42.5 Å². The molecule has 1 aromatic heterocycles. The third kappa shape index (κ3) is 4.10. The van der Waals surface area contributed by atoms with Gasteiger partial charge in [-0.15, -0.1) is 0 Å². The van der Waals surface area contributed by atoms with Crippen LogP contribution in [-0.2, 0) is 11.3 Å². The zero-order valence-electron chi connectivity index (χ0n) is 18.1. The van der Waals surface area contributed by atoms with Crippen molar-refractivity contribution in [2.45, 2.75) is 13.5 Å². The molecule has 33 heavy (non-hydrogen) atoms. The summed E-state index contributed by atoms with van der Waals surface area (Å²) in [5, 5.41) is 8.64. The summed E-state index contributed by atoms with van der Waals surface area (Å²) in [6.07, 6.45) is 1.65. The van der Waals surface area contributed by atoms with E-state index in [9.17, 15) is 4.79 Å². The molecule has 0 aliphatic carbocycles. The van der Waals surface area contributed by atoms with Gasteiger partial charge in [0.25, 0.3) is 5.91 Å². The number of carbonyl (C=O) groups excluding carboxylic acids is 1. The molecule has 0 spiro atoms. The zero-order chi connectivity index (χ0) is 22.8. The molecular weight excluding hydrogens is 478 g/mol. The lowest BCUT2D eigenvalue weighted by molar-refractivity contribution is -0.123. The maximum absolute atomic E-state index is 12.2. The first kappa shape index (κ1) is 21.2. The van der Waals surface area contributed by atoms with Crippen LogP contribution in [0, 0.1) is 0 Å². The molecular formula is C27H22BrN3O2. The Morgan fingerprint density at radius 3 is 2.58 bits per heavy atom. The van der Waals surface area contributed by atoms with Gasteiger partial charge < -0.3 is 9.30 Å². The number of nitrogens with zero attached hydrogens (tertiary/aromatic N) is 2. The molecule has 0 bridgehead atoms. The summed E-state index contributed by atoms with van der Waals surface area (Å²) in [7, 11) is 0. The maximum atomic E-state index is 12.2. The summed E-state index contributed by atoms with van der Waals surface area (Å²) >= 11 is 3.57. The number of benzene rings is 4. The molecule has 0 saturated heterocycles. The van der Waals surface area contributed by atoms with Crippen LogP contribution in [-0.4, -0.2) is 23.3 Å². The Morgan fingerprint density at radius 1 is 0.970 bits per heavy atom. The van der Waals surface area contributed by atoms with E-state index >= 15 is 0 Å². The van der Waals surface area contributed by atoms with Crippen LogP contribution in [0.4, 0.5) is 0 Å². The van der Waals surface area contributed by atoms with Crippen LogP contribution in [0.25, 0.3) is 32.6 Å². The number of hydrazone groups is 1. The first-order valence-corrected chi connectivity index (χ1v) is 11.6. The number of para-hydroxylation sites is 1. The molecule has 0 fully saturated rings. The highest BCUT2D eigenvalue weighted by atomic mass is 79.9. The van der Waals surface area contributed by atoms with Crippen molar-refractivity contribution in [3.8, 4) is 5.75 Å². The van der Waals surface area contributed by atoms with Gasteiger partial charge in [-0.3, -0.25) is 4.79 Å². The fraction of sp³-hybridized carbons (Fsp3) is 0.111. The predicted octanol–water partition coefficient (Wildman–Crippen LogP) is 6.26. The SMILES string of the molecule is CCn1c2ccccc2c2cc(/C=N/NC(=O)COc3ccc4ccccc4c3Br)ccc21. The number of nitrogens with one attached hydrogen (secondary N) is 1. The van der Waals surface area contributed by atoms with Crippen molar-refractivity contribution >= 4 is 60.6 Å². The zero-order valence-corrected chi connectivity index (χ0v) is 19.7. The standard InChI is InChI=1S/C27H22BrN3O2/c1-2-31-23-10-6-5-9-21(23)22-15-18(11-13-24(22)31)16-29-30-26(32)17-33-25-14-12-19-7-3-4-8-20(19)27(25)28/h3-16H,2,17H2,1H3,(H,30,32)/b29-16+. The Kier molecular flexibility index (Phi) is 5.84. The lowest BCUT2D eigenvalue weighted by Crippen LogP contribution is -2.24. The lowest BCUT2D eigenvalue weighted by Gasteiger charge is -2.09. The third-order valence-electron chi connectivity index (χ3n) is 5.70. The highest BCUT2D eigenvalue weighted by molar-refractivity contribution is 9.10. The molecule has 6 heteroatoms. The number of amides is 1. The topological polar surface area (TPSA) is 55.6 Å². The number of ether oxygens (including phenoxy) is 1. The van der Waals surface area contributed by atoms with Crippen LogP contribution in [0.15, 0.2) is 88.4 Å². The fourth-order valence-corrected chi connectivity index (χ4v) is 4.78. The van der Waals surface area contributed by atoms with E-state index in [0.29, 0.717) is 5.75 Å². The van der Waals surface area contributed by atoms with Crippen molar-refractivity contribution in [3.05, 3.63) is 88.9 Å². The number of rotatable bonds is 6. The summed E-state index contributed by atoms with van der Waals surface area (Å²) in [4.78, 5) is 12.2. The van der Waals surface area contributed by atoms with Gasteiger partial charge >= 0.3 is 0 Å². The van der Waals surface area contributed by atoms with E-state index in [2.05, 4.69) is 74.3 Å². The summed E-state index contributed by atoms with van der Waals surface area (Å²) in [5.74, 6) is 0.292. The second-order valence-electron chi connectivity index (χ2n) is 7.72. The van der Waals surface area contributed by atoms with Crippen LogP contribution in [0.1, 0.15) is 12.5 Å². The van der Waals surface area contributed by atoms with Gasteiger partial charge in [0.15, 0.2) is 6.61 Å². The molecule has 1 amide bonds. The van der Waals surface area contributed by atoms with Gasteiger partial charge in [0.05, 0.1) is 10.7 Å². The molecule has 1 heterocycles. The monoisotopic (exact) mass is 499 g/mol. The fourth-order valence-electron chi connectivity index (χ4n) is 4.17. The first-order valence-electron chi connectivity index (χ1n) is 10.8. The van der Waals surface area contributed by atoms with Crippen molar-refractivity contribution in [3.63, 3.8) is 0 Å². The molecule has 0 radical (unpaired) electrons. The summed E-state index contributed by atoms with van der Waals surface area (Å²) in [6, 6.07) is 26.4. The minimum Gasteiger partial charge on any atom is -0.483 e. The van der Waals surface area contributed by atoms with E-state index in [4.69, 9.17) is 4.74 Å². The first-order chi connectivity index (χ1) is 16.2. The number of fused-ring (bicyclic) bond motifs is 4. The maximum Gasteiger partial charge on any atom is 0.277 e. The van der Waals surface area contributed by atoms with Gasteiger partial charge in [0.1, 0.15) is 5.75 Å². The quantitative estimate of drug-likeness (QED) is 0.221. The highest BCUT2D eigenvalue weighted by Crippen LogP contribution is 2.33. The van der Waals surface area contributed by atoms with Crippen LogP contribution in [0.2, 0.25) is 0 Å². The van der Waals surface area contributed by atoms with Gasteiger partial charge in [0.2, 0.25) is 0 Å². The van der Waals surface area contributed by atoms with E-state index < -0.39 is 0 Å². The van der Waals surface area contributed by atoms with Gasteiger partial charge in [-0.2, -0.15) is 5.10 Å². The Balaban J connectivity index is 1.27. The third-order valence-corrected chi connectivity index (χ3v) is 6.52. The second kappa shape index (κ2) is 9.08. The van der Waals surface area contributed by atoms with Crippen molar-refractivity contribution in [1.29, 1.82) is 0 Å². The summed E-state index contributed by atoms with van der Waals surface area (Å²) < 4.78 is 8.83. The average molecular weight is 500 g/mol. The van der Waals surface area contributed by atoms with E-state index in [-0.39, 0.29) is 12.5 Å². The Morgan fingerprint density at radius 2 is 1.73 bits per heavy atom. The van der Waals surface area contributed by atoms with Crippen LogP contribution >= 0.6 is 15.9 Å². The van der Waals surface area contributed by atoms with Gasteiger partial charge in [-0.1, -0.05) is 54.6 Å². The molecule has 0 saturated carbocycles. The lowest BCUT2D eigenvalue weighted by atomic mass is 10.1. The number of hydrogen-bond donors (Lipinski definition) is 1. The van der Waals surface area contributed by atoms with E-state index in [0.717, 1.165) is 27.4 Å². The second-order valence-corrected chi connectivity index (χ2v) is 8.51. The summed E-state index contributed by atoms with van der Waals surface area (Å²) in [6.45, 7) is 2.92. The highest BCUT2D eigenvalue weighted by Gasteiger charge is 2.10. The number of halogens is 1. The van der Waals surface area contributed by atoms with E-state index in [1.54, 1.807) is 6.21 Å². The smallest absolute Gasteiger partial charge is 0.277 e. The van der Waals surface area contributed by atoms with Crippen molar-refractivity contribution in [2.75, 3.05) is 6.61 Å². The number of carbonyl (C=O) groups is 1. The minimum absolute atomic E-state index is 0.128. The number of aromatic nitrogens is 1. The normalized spacial score (nSPS) is 11.6. The molecule has 5 nitrogen and oxygen atoms in total. The Bertz CT molecular complexity index is 1520. The molecule has 0 aliphatic rings. The van der Waals surface area contributed by atoms with Gasteiger partial charge in [-0.25, -0.2) is 5.43 Å². The Hall–Kier alpha value is -3.64. The van der Waals surface area contributed by atoms with Crippen LogP contribution in [0.5, 0.6) is 5.75 Å².